The number of amides is 2. The summed E-state index contributed by atoms with van der Waals surface area (Å²) in [6, 6.07) is 13.8. The van der Waals surface area contributed by atoms with Crippen molar-refractivity contribution in [3.05, 3.63) is 87.0 Å². The molecule has 37 heavy (non-hydrogen) atoms. The number of aliphatic hydroxyl groups excluding tert-OH is 2. The number of aromatic nitrogens is 3. The van der Waals surface area contributed by atoms with Crippen LogP contribution in [0.4, 0.5) is 10.1 Å². The summed E-state index contributed by atoms with van der Waals surface area (Å²) in [6.07, 6.45) is 3.16. The van der Waals surface area contributed by atoms with Crippen LogP contribution in [0.25, 0.3) is 0 Å². The van der Waals surface area contributed by atoms with E-state index in [2.05, 4.69) is 25.8 Å². The van der Waals surface area contributed by atoms with Crippen LogP contribution in [0.2, 0.25) is 0 Å². The summed E-state index contributed by atoms with van der Waals surface area (Å²) in [4.78, 5) is 29.4. The molecule has 9 nitrogen and oxygen atoms in total. The Kier molecular flexibility index (Phi) is 9.74. The van der Waals surface area contributed by atoms with Gasteiger partial charge in [0.05, 0.1) is 24.4 Å². The van der Waals surface area contributed by atoms with Gasteiger partial charge in [-0.05, 0) is 34.8 Å². The average molecular weight is 556 g/mol. The second kappa shape index (κ2) is 13.4. The van der Waals surface area contributed by atoms with Gasteiger partial charge in [0.1, 0.15) is 10.0 Å². The van der Waals surface area contributed by atoms with Crippen molar-refractivity contribution in [3.63, 3.8) is 0 Å². The zero-order valence-corrected chi connectivity index (χ0v) is 22.2. The Labute approximate surface area is 226 Å². The molecule has 2 heterocycles. The number of carbonyl (C=O) groups is 2. The number of hydrogen-bond donors (Lipinski definition) is 4. The Morgan fingerprint density at radius 2 is 1.38 bits per heavy atom. The summed E-state index contributed by atoms with van der Waals surface area (Å²) in [5.74, 6) is 1.13. The van der Waals surface area contributed by atoms with E-state index < -0.39 is 0 Å². The van der Waals surface area contributed by atoms with Gasteiger partial charge in [0.15, 0.2) is 0 Å². The highest BCUT2D eigenvalue weighted by atomic mass is 32.2. The minimum absolute atomic E-state index is 0.194. The summed E-state index contributed by atoms with van der Waals surface area (Å²) in [7, 11) is 0. The third-order valence-electron chi connectivity index (χ3n) is 5.26. The Morgan fingerprint density at radius 3 is 2.03 bits per heavy atom. The monoisotopic (exact) mass is 555 g/mol. The van der Waals surface area contributed by atoms with E-state index in [1.807, 2.05) is 0 Å². The number of anilines is 2. The average Bonchev–Trinajstić information content (AvgIpc) is 3.57. The summed E-state index contributed by atoms with van der Waals surface area (Å²) < 4.78 is 0. The molecule has 0 aliphatic rings. The number of nitrogens with zero attached hydrogens (tertiary/aromatic N) is 3. The first-order chi connectivity index (χ1) is 18.1. The number of thioether (sulfide) groups is 1. The van der Waals surface area contributed by atoms with E-state index in [1.165, 1.54) is 22.7 Å². The van der Waals surface area contributed by atoms with Crippen LogP contribution >= 0.6 is 34.4 Å². The number of carbonyl (C=O) groups excluding carboxylic acids is 2. The molecule has 4 N–H and O–H groups in total. The normalized spacial score (nSPS) is 10.9. The zero-order valence-electron chi connectivity index (χ0n) is 19.7. The van der Waals surface area contributed by atoms with Crippen LogP contribution in [0.3, 0.4) is 0 Å². The van der Waals surface area contributed by atoms with Crippen molar-refractivity contribution < 1.29 is 19.8 Å². The molecule has 0 aliphatic heterocycles. The van der Waals surface area contributed by atoms with Gasteiger partial charge in [-0.25, -0.2) is 4.98 Å². The fraction of sp³-hybridized carbons (Fsp3) is 0.240. The zero-order chi connectivity index (χ0) is 26.0. The molecule has 0 aliphatic carbocycles. The van der Waals surface area contributed by atoms with E-state index in [9.17, 15) is 19.8 Å². The van der Waals surface area contributed by atoms with Gasteiger partial charge in [-0.1, -0.05) is 47.7 Å². The number of thiazole rings is 1. The molecule has 2 amide bonds. The van der Waals surface area contributed by atoms with E-state index in [-0.39, 0.29) is 25.0 Å². The molecule has 4 aromatic rings. The van der Waals surface area contributed by atoms with Crippen LogP contribution in [0, 0.1) is 0 Å². The maximum Gasteiger partial charge on any atom is 0.257 e. The number of hydrogen-bond acceptors (Lipinski definition) is 10. The molecule has 0 bridgehead atoms. The third-order valence-corrected chi connectivity index (χ3v) is 8.12. The van der Waals surface area contributed by atoms with Crippen molar-refractivity contribution in [1.82, 2.24) is 15.2 Å². The molecule has 0 saturated carbocycles. The lowest BCUT2D eigenvalue weighted by atomic mass is 10.1. The highest BCUT2D eigenvalue weighted by Crippen LogP contribution is 2.23. The second-order valence-corrected chi connectivity index (χ2v) is 11.2. The smallest absolute Gasteiger partial charge is 0.257 e. The Hall–Kier alpha value is -3.16. The van der Waals surface area contributed by atoms with Crippen molar-refractivity contribution in [2.45, 2.75) is 26.1 Å². The SMILES string of the molecule is O=C(Nc1cnc(CCSCCc2nnc(NC(=O)c3ccccc3CO)s2)s1)c1ccccc1CO. The lowest BCUT2D eigenvalue weighted by Gasteiger charge is -2.06. The Balaban J connectivity index is 1.18. The van der Waals surface area contributed by atoms with Crippen LogP contribution in [0.15, 0.2) is 54.7 Å². The van der Waals surface area contributed by atoms with Crippen LogP contribution < -0.4 is 10.6 Å². The maximum absolute atomic E-state index is 12.5. The molecule has 0 saturated heterocycles. The molecule has 0 spiro atoms. The largest absolute Gasteiger partial charge is 0.392 e. The quantitative estimate of drug-likeness (QED) is 0.193. The highest BCUT2D eigenvalue weighted by molar-refractivity contribution is 7.99. The predicted octanol–water partition coefficient (Wildman–Crippen LogP) is 4.00. The molecule has 4 rings (SSSR count). The fourth-order valence-corrected chi connectivity index (χ4v) is 6.10. The Bertz CT molecular complexity index is 1260. The molecule has 192 valence electrons. The number of rotatable bonds is 12. The number of aliphatic hydroxyl groups is 2. The van der Waals surface area contributed by atoms with Crippen LogP contribution in [-0.2, 0) is 26.1 Å². The number of nitrogens with one attached hydrogen (secondary N) is 2. The lowest BCUT2D eigenvalue weighted by Crippen LogP contribution is -2.14. The Morgan fingerprint density at radius 1 is 0.784 bits per heavy atom. The number of benzene rings is 2. The molecule has 2 aromatic heterocycles. The van der Waals surface area contributed by atoms with Gasteiger partial charge in [0.25, 0.3) is 11.8 Å². The van der Waals surface area contributed by atoms with E-state index in [4.69, 9.17) is 0 Å². The lowest BCUT2D eigenvalue weighted by molar-refractivity contribution is 0.101. The second-order valence-electron chi connectivity index (χ2n) is 7.77. The summed E-state index contributed by atoms with van der Waals surface area (Å²) >= 11 is 4.54. The summed E-state index contributed by atoms with van der Waals surface area (Å²) in [6.45, 7) is -0.404. The van der Waals surface area contributed by atoms with Crippen molar-refractivity contribution in [2.75, 3.05) is 22.1 Å². The maximum atomic E-state index is 12.5. The highest BCUT2D eigenvalue weighted by Gasteiger charge is 2.14. The summed E-state index contributed by atoms with van der Waals surface area (Å²) in [5, 5.41) is 35.5. The topological polar surface area (TPSA) is 137 Å². The molecule has 0 unspecified atom stereocenters. The first kappa shape index (κ1) is 26.9. The van der Waals surface area contributed by atoms with E-state index in [1.54, 1.807) is 66.5 Å². The van der Waals surface area contributed by atoms with Gasteiger partial charge in [-0.15, -0.1) is 21.5 Å². The molecular weight excluding hydrogens is 531 g/mol. The van der Waals surface area contributed by atoms with E-state index in [0.29, 0.717) is 32.4 Å². The van der Waals surface area contributed by atoms with Crippen molar-refractivity contribution in [3.8, 4) is 0 Å². The number of aryl methyl sites for hydroxylation is 2. The van der Waals surface area contributed by atoms with E-state index in [0.717, 1.165) is 34.4 Å². The summed E-state index contributed by atoms with van der Waals surface area (Å²) in [5.41, 5.74) is 2.00. The van der Waals surface area contributed by atoms with Crippen LogP contribution in [0.1, 0.15) is 41.9 Å². The molecular formula is C25H25N5O4S3. The standard InChI is InChI=1S/C25H25N5O4S3/c31-14-16-5-1-3-7-18(16)23(33)27-22-13-26-20(36-22)9-11-35-12-10-21-29-30-25(37-21)28-24(34)19-8-4-2-6-17(19)15-32/h1-8,13,31-32H,9-12,14-15H2,(H,27,33)(H,28,30,34). The predicted molar refractivity (Wildman–Crippen MR) is 147 cm³/mol. The van der Waals surface area contributed by atoms with Gasteiger partial charge in [0, 0.05) is 24.0 Å². The molecule has 0 radical (unpaired) electrons. The molecule has 0 atom stereocenters. The first-order valence-electron chi connectivity index (χ1n) is 11.4. The van der Waals surface area contributed by atoms with Gasteiger partial charge in [-0.2, -0.15) is 11.8 Å². The minimum Gasteiger partial charge on any atom is -0.392 e. The van der Waals surface area contributed by atoms with Gasteiger partial charge < -0.3 is 15.5 Å². The van der Waals surface area contributed by atoms with Gasteiger partial charge in [-0.3, -0.25) is 14.9 Å². The third kappa shape index (κ3) is 7.43. The first-order valence-corrected chi connectivity index (χ1v) is 14.2. The minimum atomic E-state index is -0.321. The van der Waals surface area contributed by atoms with Crippen LogP contribution in [-0.4, -0.2) is 48.7 Å². The van der Waals surface area contributed by atoms with Crippen LogP contribution in [0.5, 0.6) is 0 Å². The van der Waals surface area contributed by atoms with Crippen molar-refractivity contribution >= 4 is 56.4 Å². The van der Waals surface area contributed by atoms with E-state index >= 15 is 0 Å². The van der Waals surface area contributed by atoms with Gasteiger partial charge in [0.2, 0.25) is 5.13 Å². The molecule has 0 fully saturated rings. The molecule has 2 aromatic carbocycles. The fourth-order valence-electron chi connectivity index (χ4n) is 3.41. The van der Waals surface area contributed by atoms with Crippen molar-refractivity contribution in [1.29, 1.82) is 0 Å². The molecule has 12 heteroatoms. The van der Waals surface area contributed by atoms with Crippen molar-refractivity contribution in [2.24, 2.45) is 0 Å². The van der Waals surface area contributed by atoms with Gasteiger partial charge >= 0.3 is 0 Å².